The minimum atomic E-state index is -0.497. The third kappa shape index (κ3) is 4.72. The van der Waals surface area contributed by atoms with E-state index >= 15 is 0 Å². The van der Waals surface area contributed by atoms with Crippen LogP contribution in [0.4, 0.5) is 0 Å². The van der Waals surface area contributed by atoms with E-state index in [0.717, 1.165) is 16.9 Å². The first-order valence-electron chi connectivity index (χ1n) is 8.99. The number of benzene rings is 1. The molecule has 1 heterocycles. The summed E-state index contributed by atoms with van der Waals surface area (Å²) < 4.78 is 21.4. The van der Waals surface area contributed by atoms with Crippen molar-refractivity contribution >= 4 is 12.1 Å². The van der Waals surface area contributed by atoms with Crippen LogP contribution in [0, 0.1) is 5.92 Å². The average Bonchev–Trinajstić information content (AvgIpc) is 3.25. The molecule has 0 saturated carbocycles. The molecule has 0 radical (unpaired) electrons. The van der Waals surface area contributed by atoms with E-state index in [1.54, 1.807) is 51.8 Å². The average molecular weight is 397 g/mol. The molecule has 0 aliphatic heterocycles. The Balaban J connectivity index is 1.65. The Bertz CT molecular complexity index is 943. The van der Waals surface area contributed by atoms with Crippen LogP contribution >= 0.6 is 0 Å². The summed E-state index contributed by atoms with van der Waals surface area (Å²) in [5, 5.41) is 4.03. The number of hydrogen-bond acceptors (Lipinski definition) is 7. The predicted molar refractivity (Wildman–Crippen MR) is 108 cm³/mol. The molecule has 8 nitrogen and oxygen atoms in total. The van der Waals surface area contributed by atoms with Crippen molar-refractivity contribution in [2.24, 2.45) is 11.0 Å². The highest BCUT2D eigenvalue weighted by Gasteiger charge is 2.23. The number of hydrogen-bond donors (Lipinski definition) is 1. The van der Waals surface area contributed by atoms with Crippen molar-refractivity contribution in [3.8, 4) is 17.2 Å². The second-order valence-electron chi connectivity index (χ2n) is 6.36. The van der Waals surface area contributed by atoms with Crippen LogP contribution in [0.25, 0.3) is 11.5 Å². The van der Waals surface area contributed by atoms with Crippen LogP contribution in [0.2, 0.25) is 0 Å². The number of allylic oxidation sites excluding steroid dienone is 1. The highest BCUT2D eigenvalue weighted by molar-refractivity contribution is 5.92. The smallest absolute Gasteiger partial charge is 0.308 e. The van der Waals surface area contributed by atoms with Gasteiger partial charge >= 0.3 is 5.91 Å². The molecule has 0 fully saturated rings. The van der Waals surface area contributed by atoms with Crippen LogP contribution in [-0.2, 0) is 9.47 Å². The molecule has 2 atom stereocenters. The maximum atomic E-state index is 12.3. The summed E-state index contributed by atoms with van der Waals surface area (Å²) in [4.78, 5) is 16.4. The molecule has 0 bridgehead atoms. The number of amides is 1. The van der Waals surface area contributed by atoms with Crippen molar-refractivity contribution in [2.75, 3.05) is 21.3 Å². The van der Waals surface area contributed by atoms with Gasteiger partial charge in [0, 0.05) is 18.6 Å². The molecule has 1 aromatic heterocycles. The third-order valence-electron chi connectivity index (χ3n) is 4.61. The number of nitrogens with zero attached hydrogens (tertiary/aromatic N) is 2. The number of carbonyl (C=O) groups excluding carboxylic acids is 1. The van der Waals surface area contributed by atoms with Crippen LogP contribution in [0.15, 0.2) is 63.5 Å². The standard InChI is InChI=1S/C21H23N3O5/c1-13-15(9-17(27-3)10-18(13)28-4)11-23-24-20(25)19-12-22-21(29-19)14-5-7-16(26-2)8-6-14/h5-13,18H,1-4H3,(H,24,25)/b23-11+. The fourth-order valence-electron chi connectivity index (χ4n) is 2.86. The summed E-state index contributed by atoms with van der Waals surface area (Å²) >= 11 is 0. The Hall–Kier alpha value is -3.39. The van der Waals surface area contributed by atoms with Crippen LogP contribution in [-0.4, -0.2) is 44.5 Å². The number of oxazole rings is 1. The molecule has 2 aromatic rings. The van der Waals surface area contributed by atoms with Gasteiger partial charge in [-0.25, -0.2) is 10.4 Å². The minimum Gasteiger partial charge on any atom is -0.497 e. The lowest BCUT2D eigenvalue weighted by atomic mass is 9.90. The van der Waals surface area contributed by atoms with E-state index in [9.17, 15) is 4.79 Å². The molecule has 0 spiro atoms. The Labute approximate surface area is 168 Å². The molecule has 1 amide bonds. The van der Waals surface area contributed by atoms with Gasteiger partial charge in [0.15, 0.2) is 0 Å². The number of hydrazone groups is 1. The van der Waals surface area contributed by atoms with E-state index in [-0.39, 0.29) is 17.8 Å². The van der Waals surface area contributed by atoms with Crippen molar-refractivity contribution < 1.29 is 23.4 Å². The summed E-state index contributed by atoms with van der Waals surface area (Å²) in [5.41, 5.74) is 4.05. The van der Waals surface area contributed by atoms with Gasteiger partial charge in [0.1, 0.15) is 11.5 Å². The molecule has 1 aliphatic rings. The Morgan fingerprint density at radius 3 is 2.62 bits per heavy atom. The molecular weight excluding hydrogens is 374 g/mol. The van der Waals surface area contributed by atoms with Crippen LogP contribution in [0.1, 0.15) is 17.5 Å². The number of carbonyl (C=O) groups is 1. The second kappa shape index (κ2) is 9.20. The zero-order valence-corrected chi connectivity index (χ0v) is 16.7. The van der Waals surface area contributed by atoms with Crippen molar-refractivity contribution in [1.82, 2.24) is 10.4 Å². The molecule has 8 heteroatoms. The highest BCUT2D eigenvalue weighted by Crippen LogP contribution is 2.25. The van der Waals surface area contributed by atoms with E-state index in [0.29, 0.717) is 11.6 Å². The summed E-state index contributed by atoms with van der Waals surface area (Å²) in [6, 6.07) is 7.18. The first-order valence-corrected chi connectivity index (χ1v) is 8.99. The number of nitrogens with one attached hydrogen (secondary N) is 1. The molecule has 0 saturated heterocycles. The SMILES string of the molecule is COC1=CC(OC)C(C)C(/C=N/NC(=O)c2cnc(-c3ccc(OC)cc3)o2)=C1. The number of ether oxygens (including phenoxy) is 3. The summed E-state index contributed by atoms with van der Waals surface area (Å²) in [6.07, 6.45) is 6.55. The zero-order valence-electron chi connectivity index (χ0n) is 16.7. The van der Waals surface area contributed by atoms with Crippen LogP contribution < -0.4 is 10.2 Å². The first-order chi connectivity index (χ1) is 14.0. The van der Waals surface area contributed by atoms with Crippen molar-refractivity contribution in [3.63, 3.8) is 0 Å². The lowest BCUT2D eigenvalue weighted by molar-refractivity contribution is 0.0928. The van der Waals surface area contributed by atoms with E-state index in [2.05, 4.69) is 15.5 Å². The fourth-order valence-corrected chi connectivity index (χ4v) is 2.86. The van der Waals surface area contributed by atoms with Gasteiger partial charge in [-0.2, -0.15) is 5.10 Å². The normalized spacial score (nSPS) is 18.9. The fraction of sp³-hybridized carbons (Fsp3) is 0.286. The number of aromatic nitrogens is 1. The van der Waals surface area contributed by atoms with Gasteiger partial charge in [-0.1, -0.05) is 6.92 Å². The largest absolute Gasteiger partial charge is 0.497 e. The van der Waals surface area contributed by atoms with Gasteiger partial charge in [0.05, 0.1) is 32.7 Å². The van der Waals surface area contributed by atoms with Gasteiger partial charge < -0.3 is 18.6 Å². The van der Waals surface area contributed by atoms with Gasteiger partial charge in [-0.3, -0.25) is 4.79 Å². The lowest BCUT2D eigenvalue weighted by Crippen LogP contribution is -2.25. The van der Waals surface area contributed by atoms with E-state index in [1.807, 2.05) is 19.1 Å². The summed E-state index contributed by atoms with van der Waals surface area (Å²) in [6.45, 7) is 2.01. The topological polar surface area (TPSA) is 95.2 Å². The number of rotatable bonds is 7. The molecule has 152 valence electrons. The quantitative estimate of drug-likeness (QED) is 0.569. The second-order valence-corrected chi connectivity index (χ2v) is 6.36. The van der Waals surface area contributed by atoms with E-state index in [1.165, 1.54) is 6.20 Å². The van der Waals surface area contributed by atoms with Gasteiger partial charge in [-0.05, 0) is 42.0 Å². The third-order valence-corrected chi connectivity index (χ3v) is 4.61. The summed E-state index contributed by atoms with van der Waals surface area (Å²) in [7, 11) is 4.82. The maximum Gasteiger partial charge on any atom is 0.308 e. The minimum absolute atomic E-state index is 0.0610. The Kier molecular flexibility index (Phi) is 6.46. The van der Waals surface area contributed by atoms with Gasteiger partial charge in [0.25, 0.3) is 0 Å². The van der Waals surface area contributed by atoms with Crippen molar-refractivity contribution in [3.05, 3.63) is 59.7 Å². The zero-order chi connectivity index (χ0) is 20.8. The van der Waals surface area contributed by atoms with Gasteiger partial charge in [-0.15, -0.1) is 0 Å². The Morgan fingerprint density at radius 1 is 1.21 bits per heavy atom. The predicted octanol–water partition coefficient (Wildman–Crippen LogP) is 3.19. The molecule has 1 aromatic carbocycles. The lowest BCUT2D eigenvalue weighted by Gasteiger charge is -2.25. The van der Waals surface area contributed by atoms with E-state index in [4.69, 9.17) is 18.6 Å². The van der Waals surface area contributed by atoms with Crippen molar-refractivity contribution in [2.45, 2.75) is 13.0 Å². The van der Waals surface area contributed by atoms with Crippen LogP contribution in [0.3, 0.4) is 0 Å². The monoisotopic (exact) mass is 397 g/mol. The molecule has 1 N–H and O–H groups in total. The highest BCUT2D eigenvalue weighted by atomic mass is 16.5. The molecule has 2 unspecified atom stereocenters. The molecule has 29 heavy (non-hydrogen) atoms. The summed E-state index contributed by atoms with van der Waals surface area (Å²) in [5.74, 6) is 1.37. The molecular formula is C21H23N3O5. The number of methoxy groups -OCH3 is 3. The van der Waals surface area contributed by atoms with Crippen molar-refractivity contribution in [1.29, 1.82) is 0 Å². The molecule has 3 rings (SSSR count). The van der Waals surface area contributed by atoms with Gasteiger partial charge in [0.2, 0.25) is 11.7 Å². The molecule has 1 aliphatic carbocycles. The first kappa shape index (κ1) is 20.3. The maximum absolute atomic E-state index is 12.3. The van der Waals surface area contributed by atoms with E-state index < -0.39 is 5.91 Å². The van der Waals surface area contributed by atoms with Crippen LogP contribution in [0.5, 0.6) is 5.75 Å². The Morgan fingerprint density at radius 2 is 1.97 bits per heavy atom.